The highest BCUT2D eigenvalue weighted by atomic mass is 35.5. The van der Waals surface area contributed by atoms with Crippen LogP contribution in [0.25, 0.3) is 0 Å². The first kappa shape index (κ1) is 13.4. The van der Waals surface area contributed by atoms with Crippen molar-refractivity contribution in [2.45, 2.75) is 51.5 Å². The van der Waals surface area contributed by atoms with E-state index in [9.17, 15) is 0 Å². The normalized spacial score (nSPS) is 20.1. The Morgan fingerprint density at radius 3 is 2.59 bits per heavy atom. The second kappa shape index (κ2) is 6.77. The van der Waals surface area contributed by atoms with Gasteiger partial charge in [-0.05, 0) is 44.4 Å². The highest BCUT2D eigenvalue weighted by Crippen LogP contribution is 2.27. The van der Waals surface area contributed by atoms with Crippen LogP contribution in [-0.4, -0.2) is 6.54 Å². The van der Waals surface area contributed by atoms with Crippen LogP contribution in [-0.2, 0) is 0 Å². The fourth-order valence-electron chi connectivity index (χ4n) is 2.57. The SMILES string of the molecule is CC(NCC1CCCCCC1)c1ccc(Cl)s1. The van der Waals surface area contributed by atoms with Crippen molar-refractivity contribution in [2.24, 2.45) is 5.92 Å². The molecular weight excluding hydrogens is 250 g/mol. The second-order valence-corrected chi connectivity index (χ2v) is 6.88. The molecule has 17 heavy (non-hydrogen) atoms. The summed E-state index contributed by atoms with van der Waals surface area (Å²) in [5, 5.41) is 3.66. The lowest BCUT2D eigenvalue weighted by Gasteiger charge is -2.18. The average Bonchev–Trinajstić information content (AvgIpc) is 2.61. The predicted molar refractivity (Wildman–Crippen MR) is 76.9 cm³/mol. The van der Waals surface area contributed by atoms with E-state index in [-0.39, 0.29) is 0 Å². The van der Waals surface area contributed by atoms with Gasteiger partial charge in [0.05, 0.1) is 4.34 Å². The molecule has 0 radical (unpaired) electrons. The zero-order chi connectivity index (χ0) is 12.1. The number of hydrogen-bond acceptors (Lipinski definition) is 2. The molecule has 1 saturated carbocycles. The van der Waals surface area contributed by atoms with Crippen LogP contribution in [0.3, 0.4) is 0 Å². The van der Waals surface area contributed by atoms with Crippen molar-refractivity contribution in [3.63, 3.8) is 0 Å². The summed E-state index contributed by atoms with van der Waals surface area (Å²) >= 11 is 7.66. The van der Waals surface area contributed by atoms with Crippen molar-refractivity contribution in [2.75, 3.05) is 6.54 Å². The molecule has 1 unspecified atom stereocenters. The van der Waals surface area contributed by atoms with Gasteiger partial charge < -0.3 is 5.32 Å². The van der Waals surface area contributed by atoms with Crippen molar-refractivity contribution in [3.05, 3.63) is 21.3 Å². The number of thiophene rings is 1. The molecule has 0 saturated heterocycles. The Bertz CT molecular complexity index is 329. The molecule has 1 aliphatic carbocycles. The molecule has 1 aliphatic rings. The van der Waals surface area contributed by atoms with Crippen molar-refractivity contribution < 1.29 is 0 Å². The maximum atomic E-state index is 5.97. The summed E-state index contributed by atoms with van der Waals surface area (Å²) in [6, 6.07) is 4.57. The quantitative estimate of drug-likeness (QED) is 0.758. The summed E-state index contributed by atoms with van der Waals surface area (Å²) in [5.41, 5.74) is 0. The maximum absolute atomic E-state index is 5.97. The van der Waals surface area contributed by atoms with Gasteiger partial charge in [0.25, 0.3) is 0 Å². The van der Waals surface area contributed by atoms with Crippen molar-refractivity contribution >= 4 is 22.9 Å². The van der Waals surface area contributed by atoms with Crippen molar-refractivity contribution in [1.29, 1.82) is 0 Å². The monoisotopic (exact) mass is 271 g/mol. The summed E-state index contributed by atoms with van der Waals surface area (Å²) in [6.45, 7) is 3.40. The van der Waals surface area contributed by atoms with Gasteiger partial charge in [-0.3, -0.25) is 0 Å². The third-order valence-electron chi connectivity index (χ3n) is 3.71. The van der Waals surface area contributed by atoms with Crippen LogP contribution in [0, 0.1) is 5.92 Å². The Labute approximate surface area is 114 Å². The van der Waals surface area contributed by atoms with E-state index >= 15 is 0 Å². The first-order valence-corrected chi connectivity index (χ1v) is 7.94. The standard InChI is InChI=1S/C14H22ClNS/c1-11(13-8-9-14(15)17-13)16-10-12-6-4-2-3-5-7-12/h8-9,11-12,16H,2-7,10H2,1H3. The van der Waals surface area contributed by atoms with E-state index in [4.69, 9.17) is 11.6 Å². The summed E-state index contributed by atoms with van der Waals surface area (Å²) in [5.74, 6) is 0.885. The van der Waals surface area contributed by atoms with Crippen molar-refractivity contribution in [3.8, 4) is 0 Å². The van der Waals surface area contributed by atoms with Crippen LogP contribution in [0.5, 0.6) is 0 Å². The molecule has 3 heteroatoms. The van der Waals surface area contributed by atoms with E-state index in [1.165, 1.54) is 43.4 Å². The minimum atomic E-state index is 0.441. The zero-order valence-corrected chi connectivity index (χ0v) is 12.1. The summed E-state index contributed by atoms with van der Waals surface area (Å²) < 4.78 is 0.892. The first-order chi connectivity index (χ1) is 8.25. The van der Waals surface area contributed by atoms with Gasteiger partial charge in [0.1, 0.15) is 0 Å². The van der Waals surface area contributed by atoms with Gasteiger partial charge in [-0.2, -0.15) is 0 Å². The minimum Gasteiger partial charge on any atom is -0.309 e. The zero-order valence-electron chi connectivity index (χ0n) is 10.5. The number of halogens is 1. The largest absolute Gasteiger partial charge is 0.309 e. The lowest BCUT2D eigenvalue weighted by atomic mass is 10.00. The van der Waals surface area contributed by atoms with Crippen LogP contribution in [0.2, 0.25) is 4.34 Å². The van der Waals surface area contributed by atoms with Gasteiger partial charge >= 0.3 is 0 Å². The number of nitrogens with one attached hydrogen (secondary N) is 1. The highest BCUT2D eigenvalue weighted by Gasteiger charge is 2.14. The molecule has 96 valence electrons. The maximum Gasteiger partial charge on any atom is 0.0931 e. The molecule has 0 aliphatic heterocycles. The molecule has 0 spiro atoms. The van der Waals surface area contributed by atoms with Crippen LogP contribution < -0.4 is 5.32 Å². The molecule has 0 amide bonds. The molecule has 1 nitrogen and oxygen atoms in total. The summed E-state index contributed by atoms with van der Waals surface area (Å²) in [6.07, 6.45) is 8.53. The summed E-state index contributed by atoms with van der Waals surface area (Å²) in [4.78, 5) is 1.35. The average molecular weight is 272 g/mol. The van der Waals surface area contributed by atoms with Crippen molar-refractivity contribution in [1.82, 2.24) is 5.32 Å². The van der Waals surface area contributed by atoms with Gasteiger partial charge in [-0.15, -0.1) is 11.3 Å². The van der Waals surface area contributed by atoms with Crippen LogP contribution in [0.15, 0.2) is 12.1 Å². The predicted octanol–water partition coefficient (Wildman–Crippen LogP) is 5.02. The molecule has 2 rings (SSSR count). The highest BCUT2D eigenvalue weighted by molar-refractivity contribution is 7.16. The van der Waals surface area contributed by atoms with Gasteiger partial charge in [-0.1, -0.05) is 37.3 Å². The Hall–Kier alpha value is -0.0500. The van der Waals surface area contributed by atoms with Gasteiger partial charge in [0.2, 0.25) is 0 Å². The van der Waals surface area contributed by atoms with Gasteiger partial charge in [0, 0.05) is 10.9 Å². The molecular formula is C14H22ClNS. The third kappa shape index (κ3) is 4.27. The topological polar surface area (TPSA) is 12.0 Å². The van der Waals surface area contributed by atoms with E-state index in [0.29, 0.717) is 6.04 Å². The molecule has 1 aromatic heterocycles. The second-order valence-electron chi connectivity index (χ2n) is 5.13. The van der Waals surface area contributed by atoms with E-state index in [1.807, 2.05) is 6.07 Å². The van der Waals surface area contributed by atoms with E-state index in [2.05, 4.69) is 18.3 Å². The molecule has 1 heterocycles. The van der Waals surface area contributed by atoms with Gasteiger partial charge in [0.15, 0.2) is 0 Å². The first-order valence-electron chi connectivity index (χ1n) is 6.74. The Morgan fingerprint density at radius 2 is 2.00 bits per heavy atom. The van der Waals surface area contributed by atoms with E-state index < -0.39 is 0 Å². The minimum absolute atomic E-state index is 0.441. The molecule has 1 atom stereocenters. The molecule has 1 N–H and O–H groups in total. The molecule has 1 fully saturated rings. The van der Waals surface area contributed by atoms with Crippen LogP contribution in [0.1, 0.15) is 56.4 Å². The lowest BCUT2D eigenvalue weighted by Crippen LogP contribution is -2.25. The number of hydrogen-bond donors (Lipinski definition) is 1. The third-order valence-corrected chi connectivity index (χ3v) is 5.12. The Kier molecular flexibility index (Phi) is 5.33. The van der Waals surface area contributed by atoms with E-state index in [0.717, 1.165) is 16.8 Å². The summed E-state index contributed by atoms with van der Waals surface area (Å²) in [7, 11) is 0. The molecule has 0 bridgehead atoms. The molecule has 1 aromatic rings. The molecule has 0 aromatic carbocycles. The fraction of sp³-hybridized carbons (Fsp3) is 0.714. The number of rotatable bonds is 4. The van der Waals surface area contributed by atoms with Gasteiger partial charge in [-0.25, -0.2) is 0 Å². The Morgan fingerprint density at radius 1 is 1.29 bits per heavy atom. The lowest BCUT2D eigenvalue weighted by molar-refractivity contribution is 0.404. The fourth-order valence-corrected chi connectivity index (χ4v) is 3.66. The van der Waals surface area contributed by atoms with E-state index in [1.54, 1.807) is 11.3 Å². The van der Waals surface area contributed by atoms with Crippen LogP contribution in [0.4, 0.5) is 0 Å². The van der Waals surface area contributed by atoms with Crippen LogP contribution >= 0.6 is 22.9 Å². The smallest absolute Gasteiger partial charge is 0.0931 e. The Balaban J connectivity index is 1.77.